The minimum atomic E-state index is 0. The van der Waals surface area contributed by atoms with E-state index in [4.69, 9.17) is 5.73 Å². The Morgan fingerprint density at radius 2 is 2.06 bits per heavy atom. The summed E-state index contributed by atoms with van der Waals surface area (Å²) in [6.45, 7) is 6.46. The highest BCUT2D eigenvalue weighted by Crippen LogP contribution is 2.30. The van der Waals surface area contributed by atoms with Gasteiger partial charge in [0.25, 0.3) is 0 Å². The molecular weight excluding hydrogens is 259 g/mol. The number of aromatic nitrogens is 2. The molecule has 6 heteroatoms. The predicted molar refractivity (Wildman–Crippen MR) is 75.1 cm³/mol. The number of nitrogens with two attached hydrogens (primary N) is 1. The van der Waals surface area contributed by atoms with Crippen LogP contribution in [0.5, 0.6) is 0 Å². The molecule has 0 radical (unpaired) electrons. The summed E-state index contributed by atoms with van der Waals surface area (Å²) in [5, 5.41) is 11.6. The number of rotatable bonds is 1. The molecule has 3 N–H and O–H groups in total. The van der Waals surface area contributed by atoms with E-state index >= 15 is 0 Å². The van der Waals surface area contributed by atoms with E-state index in [1.807, 2.05) is 6.07 Å². The van der Waals surface area contributed by atoms with Crippen LogP contribution >= 0.6 is 24.8 Å². The summed E-state index contributed by atoms with van der Waals surface area (Å²) >= 11 is 0. The van der Waals surface area contributed by atoms with Crippen LogP contribution < -0.4 is 11.1 Å². The fourth-order valence-electron chi connectivity index (χ4n) is 2.30. The number of nitrogen functional groups attached to an aromatic ring is 1. The van der Waals surface area contributed by atoms with Crippen molar-refractivity contribution < 1.29 is 0 Å². The van der Waals surface area contributed by atoms with Crippen molar-refractivity contribution >= 4 is 30.6 Å². The molecule has 2 heterocycles. The van der Waals surface area contributed by atoms with Crippen LogP contribution in [-0.2, 0) is 0 Å². The lowest BCUT2D eigenvalue weighted by Crippen LogP contribution is -2.34. The van der Waals surface area contributed by atoms with Crippen LogP contribution in [0.2, 0.25) is 0 Å². The van der Waals surface area contributed by atoms with Crippen LogP contribution in [0, 0.1) is 12.8 Å². The Hall–Kier alpha value is -0.580. The van der Waals surface area contributed by atoms with Crippen molar-refractivity contribution in [1.29, 1.82) is 0 Å². The van der Waals surface area contributed by atoms with E-state index in [2.05, 4.69) is 29.4 Å². The third-order valence-electron chi connectivity index (χ3n) is 3.18. The Balaban J connectivity index is 0.00000128. The molecule has 0 unspecified atom stereocenters. The van der Waals surface area contributed by atoms with Crippen LogP contribution in [0.15, 0.2) is 6.07 Å². The lowest BCUT2D eigenvalue weighted by Gasteiger charge is -2.29. The molecular formula is C11H20Cl2N4. The monoisotopic (exact) mass is 278 g/mol. The van der Waals surface area contributed by atoms with Gasteiger partial charge in [0.05, 0.1) is 5.69 Å². The molecule has 1 aromatic rings. The van der Waals surface area contributed by atoms with Crippen molar-refractivity contribution in [2.75, 3.05) is 18.8 Å². The van der Waals surface area contributed by atoms with E-state index in [1.165, 1.54) is 5.56 Å². The normalized spacial score (nSPS) is 23.4. The van der Waals surface area contributed by atoms with Crippen LogP contribution in [0.25, 0.3) is 0 Å². The minimum absolute atomic E-state index is 0. The Bertz CT molecular complexity index is 359. The molecule has 0 saturated carbocycles. The van der Waals surface area contributed by atoms with Gasteiger partial charge < -0.3 is 11.1 Å². The first-order valence-electron chi connectivity index (χ1n) is 5.49. The second kappa shape index (κ2) is 6.99. The van der Waals surface area contributed by atoms with Crippen molar-refractivity contribution in [3.63, 3.8) is 0 Å². The van der Waals surface area contributed by atoms with Crippen molar-refractivity contribution in [2.24, 2.45) is 5.92 Å². The SMILES string of the molecule is Cc1cc(N)nnc1[C@H]1CCNC[C@@H]1C.Cl.Cl. The summed E-state index contributed by atoms with van der Waals surface area (Å²) in [7, 11) is 0. The van der Waals surface area contributed by atoms with Gasteiger partial charge in [0.2, 0.25) is 0 Å². The highest BCUT2D eigenvalue weighted by molar-refractivity contribution is 5.85. The molecule has 1 aliphatic rings. The van der Waals surface area contributed by atoms with Gasteiger partial charge in [-0.25, -0.2) is 0 Å². The fourth-order valence-corrected chi connectivity index (χ4v) is 2.30. The first-order chi connectivity index (χ1) is 7.18. The number of halogens is 2. The third kappa shape index (κ3) is 3.69. The minimum Gasteiger partial charge on any atom is -0.382 e. The molecule has 2 rings (SSSR count). The Kier molecular flexibility index (Phi) is 6.75. The zero-order valence-corrected chi connectivity index (χ0v) is 11.8. The summed E-state index contributed by atoms with van der Waals surface area (Å²) in [6.07, 6.45) is 1.14. The molecule has 2 atom stereocenters. The van der Waals surface area contributed by atoms with Gasteiger partial charge in [-0.1, -0.05) is 6.92 Å². The molecule has 0 aromatic carbocycles. The molecule has 1 aliphatic heterocycles. The number of piperidine rings is 1. The van der Waals surface area contributed by atoms with Crippen LogP contribution in [0.3, 0.4) is 0 Å². The fraction of sp³-hybridized carbons (Fsp3) is 0.636. The quantitative estimate of drug-likeness (QED) is 0.824. The van der Waals surface area contributed by atoms with Gasteiger partial charge in [0.1, 0.15) is 5.82 Å². The average Bonchev–Trinajstić information content (AvgIpc) is 2.20. The van der Waals surface area contributed by atoms with E-state index in [9.17, 15) is 0 Å². The highest BCUT2D eigenvalue weighted by atomic mass is 35.5. The Labute approximate surface area is 115 Å². The average molecular weight is 279 g/mol. The molecule has 98 valence electrons. The third-order valence-corrected chi connectivity index (χ3v) is 3.18. The largest absolute Gasteiger partial charge is 0.382 e. The number of hydrogen-bond acceptors (Lipinski definition) is 4. The van der Waals surface area contributed by atoms with Gasteiger partial charge in [-0.15, -0.1) is 29.9 Å². The standard InChI is InChI=1S/C11H18N4.2ClH/c1-7-5-10(12)14-15-11(7)9-3-4-13-6-8(9)2;;/h5,8-9,13H,3-4,6H2,1-2H3,(H2,12,14);2*1H/t8-,9-;;/m0../s1. The number of hydrogen-bond donors (Lipinski definition) is 2. The molecule has 0 amide bonds. The van der Waals surface area contributed by atoms with E-state index in [1.54, 1.807) is 0 Å². The zero-order chi connectivity index (χ0) is 10.8. The van der Waals surface area contributed by atoms with Crippen molar-refractivity contribution in [1.82, 2.24) is 15.5 Å². The summed E-state index contributed by atoms with van der Waals surface area (Å²) < 4.78 is 0. The maximum absolute atomic E-state index is 5.61. The molecule has 1 fully saturated rings. The van der Waals surface area contributed by atoms with Gasteiger partial charge in [0, 0.05) is 5.92 Å². The lowest BCUT2D eigenvalue weighted by atomic mass is 9.84. The first-order valence-corrected chi connectivity index (χ1v) is 5.49. The number of anilines is 1. The van der Waals surface area contributed by atoms with Crippen LogP contribution in [0.1, 0.15) is 30.5 Å². The molecule has 1 saturated heterocycles. The smallest absolute Gasteiger partial charge is 0.146 e. The summed E-state index contributed by atoms with van der Waals surface area (Å²) in [5.74, 6) is 1.66. The molecule has 0 aliphatic carbocycles. The van der Waals surface area contributed by atoms with Crippen LogP contribution in [0.4, 0.5) is 5.82 Å². The van der Waals surface area contributed by atoms with Gasteiger partial charge in [-0.2, -0.15) is 5.10 Å². The number of nitrogens with one attached hydrogen (secondary N) is 1. The molecule has 1 aromatic heterocycles. The van der Waals surface area contributed by atoms with Crippen molar-refractivity contribution in [3.8, 4) is 0 Å². The predicted octanol–water partition coefficient (Wildman–Crippen LogP) is 1.92. The Morgan fingerprint density at radius 1 is 1.35 bits per heavy atom. The summed E-state index contributed by atoms with van der Waals surface area (Å²) in [5.41, 5.74) is 7.90. The molecule has 0 bridgehead atoms. The van der Waals surface area contributed by atoms with Gasteiger partial charge in [-0.3, -0.25) is 0 Å². The maximum Gasteiger partial charge on any atom is 0.146 e. The van der Waals surface area contributed by atoms with E-state index < -0.39 is 0 Å². The molecule has 0 spiro atoms. The molecule has 17 heavy (non-hydrogen) atoms. The number of nitrogens with zero attached hydrogens (tertiary/aromatic N) is 2. The summed E-state index contributed by atoms with van der Waals surface area (Å²) in [6, 6.07) is 1.91. The zero-order valence-electron chi connectivity index (χ0n) is 10.1. The highest BCUT2D eigenvalue weighted by Gasteiger charge is 2.25. The van der Waals surface area contributed by atoms with Gasteiger partial charge in [0.15, 0.2) is 0 Å². The van der Waals surface area contributed by atoms with E-state index in [-0.39, 0.29) is 24.8 Å². The van der Waals surface area contributed by atoms with Crippen molar-refractivity contribution in [2.45, 2.75) is 26.2 Å². The van der Waals surface area contributed by atoms with Crippen LogP contribution in [-0.4, -0.2) is 23.3 Å². The topological polar surface area (TPSA) is 63.8 Å². The van der Waals surface area contributed by atoms with Crippen molar-refractivity contribution in [3.05, 3.63) is 17.3 Å². The van der Waals surface area contributed by atoms with E-state index in [0.29, 0.717) is 17.7 Å². The lowest BCUT2D eigenvalue weighted by molar-refractivity contribution is 0.341. The van der Waals surface area contributed by atoms with E-state index in [0.717, 1.165) is 25.2 Å². The van der Waals surface area contributed by atoms with Gasteiger partial charge >= 0.3 is 0 Å². The summed E-state index contributed by atoms with van der Waals surface area (Å²) in [4.78, 5) is 0. The first kappa shape index (κ1) is 16.4. The maximum atomic E-state index is 5.61. The second-order valence-electron chi connectivity index (χ2n) is 4.41. The Morgan fingerprint density at radius 3 is 2.65 bits per heavy atom. The van der Waals surface area contributed by atoms with Gasteiger partial charge in [-0.05, 0) is 44.0 Å². The molecule has 4 nitrogen and oxygen atoms in total. The number of aryl methyl sites for hydroxylation is 1. The second-order valence-corrected chi connectivity index (χ2v) is 4.41.